The highest BCUT2D eigenvalue weighted by atomic mass is 16.3. The van der Waals surface area contributed by atoms with Gasteiger partial charge >= 0.3 is 0 Å². The van der Waals surface area contributed by atoms with Crippen molar-refractivity contribution in [2.45, 2.75) is 88.9 Å². The van der Waals surface area contributed by atoms with Crippen LogP contribution in [0.2, 0.25) is 0 Å². The Bertz CT molecular complexity index is 1870. The highest BCUT2D eigenvalue weighted by molar-refractivity contribution is 6.16. The molecule has 2 heterocycles. The summed E-state index contributed by atoms with van der Waals surface area (Å²) < 4.78 is 6.74. The number of furan rings is 1. The molecule has 2 aromatic heterocycles. The fourth-order valence-electron chi connectivity index (χ4n) is 8.83. The molecular weight excluding hydrogens is 514 g/mol. The molecule has 3 aromatic carbocycles. The molecule has 0 radical (unpaired) electrons. The van der Waals surface area contributed by atoms with Gasteiger partial charge in [-0.25, -0.2) is 15.0 Å². The van der Waals surface area contributed by atoms with E-state index >= 15 is 0 Å². The Morgan fingerprint density at radius 2 is 1.48 bits per heavy atom. The smallest absolute Gasteiger partial charge is 0.167 e. The predicted octanol–water partition coefficient (Wildman–Crippen LogP) is 9.53. The molecule has 0 saturated heterocycles. The van der Waals surface area contributed by atoms with E-state index in [4.69, 9.17) is 25.8 Å². The third-order valence-corrected chi connectivity index (χ3v) is 10.9. The standard InChI is InChI=1S/C38H39N3O/c1-4-24-10-7-8-19-37(2,21-24)35-39-34(40-36(41-35)38(3)22-25-15-16-26(20-25)23-38)31-14-9-13-29-30-18-17-27-11-5-6-12-28(27)32(30)42-33(29)31/h1,5-6,9,11-14,17-18,24-26H,7-8,10,15-16,19-23H2,2-3H3/t24?,25-,26?,37?,38?/m0/s1. The predicted molar refractivity (Wildman–Crippen MR) is 170 cm³/mol. The largest absolute Gasteiger partial charge is 0.455 e. The van der Waals surface area contributed by atoms with Gasteiger partial charge in [0.2, 0.25) is 0 Å². The molecule has 0 aliphatic heterocycles. The van der Waals surface area contributed by atoms with Crippen molar-refractivity contribution in [3.63, 3.8) is 0 Å². The Hall–Kier alpha value is -3.71. The molecule has 212 valence electrons. The molecule has 3 aliphatic carbocycles. The van der Waals surface area contributed by atoms with Crippen LogP contribution in [0.25, 0.3) is 44.1 Å². The van der Waals surface area contributed by atoms with Gasteiger partial charge in [-0.05, 0) is 67.9 Å². The first-order chi connectivity index (χ1) is 20.4. The first-order valence-corrected chi connectivity index (χ1v) is 16.0. The topological polar surface area (TPSA) is 51.8 Å². The van der Waals surface area contributed by atoms with E-state index in [0.717, 1.165) is 101 Å². The van der Waals surface area contributed by atoms with Gasteiger partial charge in [-0.1, -0.05) is 82.0 Å². The molecule has 4 heteroatoms. The van der Waals surface area contributed by atoms with Crippen LogP contribution < -0.4 is 0 Å². The summed E-state index contributed by atoms with van der Waals surface area (Å²) in [5, 5.41) is 4.54. The molecule has 8 rings (SSSR count). The molecule has 4 unspecified atom stereocenters. The van der Waals surface area contributed by atoms with Crippen molar-refractivity contribution in [2.24, 2.45) is 17.8 Å². The molecule has 3 saturated carbocycles. The van der Waals surface area contributed by atoms with Gasteiger partial charge in [0.1, 0.15) is 22.8 Å². The number of para-hydroxylation sites is 1. The summed E-state index contributed by atoms with van der Waals surface area (Å²) in [5.41, 5.74) is 2.51. The van der Waals surface area contributed by atoms with Crippen molar-refractivity contribution in [1.82, 2.24) is 15.0 Å². The summed E-state index contributed by atoms with van der Waals surface area (Å²) in [7, 11) is 0. The number of terminal acetylenes is 1. The Balaban J connectivity index is 1.34. The fourth-order valence-corrected chi connectivity index (χ4v) is 8.83. The van der Waals surface area contributed by atoms with Crippen molar-refractivity contribution in [3.05, 3.63) is 66.2 Å². The van der Waals surface area contributed by atoms with Crippen LogP contribution in [-0.4, -0.2) is 15.0 Å². The Morgan fingerprint density at radius 1 is 0.738 bits per heavy atom. The molecule has 3 fully saturated rings. The van der Waals surface area contributed by atoms with E-state index in [2.05, 4.69) is 74.4 Å². The third-order valence-electron chi connectivity index (χ3n) is 10.9. The normalized spacial score (nSPS) is 29.6. The maximum atomic E-state index is 6.74. The third kappa shape index (κ3) is 4.16. The van der Waals surface area contributed by atoms with Gasteiger partial charge in [-0.3, -0.25) is 0 Å². The summed E-state index contributed by atoms with van der Waals surface area (Å²) in [6.45, 7) is 4.75. The van der Waals surface area contributed by atoms with E-state index in [1.165, 1.54) is 31.1 Å². The minimum atomic E-state index is -0.179. The lowest BCUT2D eigenvalue weighted by atomic mass is 9.69. The molecule has 0 amide bonds. The lowest BCUT2D eigenvalue weighted by molar-refractivity contribution is 0.219. The van der Waals surface area contributed by atoms with Crippen molar-refractivity contribution < 1.29 is 4.42 Å². The minimum absolute atomic E-state index is 0.0406. The quantitative estimate of drug-likeness (QED) is 0.165. The summed E-state index contributed by atoms with van der Waals surface area (Å²) in [6.07, 6.45) is 17.8. The van der Waals surface area contributed by atoms with Crippen LogP contribution in [0.4, 0.5) is 0 Å². The van der Waals surface area contributed by atoms with Crippen molar-refractivity contribution in [1.29, 1.82) is 0 Å². The van der Waals surface area contributed by atoms with Crippen LogP contribution in [0, 0.1) is 30.1 Å². The highest BCUT2D eigenvalue weighted by Crippen LogP contribution is 2.51. The molecular formula is C38H39N3O. The van der Waals surface area contributed by atoms with Crippen LogP contribution in [-0.2, 0) is 10.8 Å². The van der Waals surface area contributed by atoms with Crippen LogP contribution >= 0.6 is 0 Å². The second-order valence-electron chi connectivity index (χ2n) is 14.1. The monoisotopic (exact) mass is 553 g/mol. The van der Waals surface area contributed by atoms with E-state index in [0.29, 0.717) is 0 Å². The first kappa shape index (κ1) is 26.0. The van der Waals surface area contributed by atoms with Crippen LogP contribution in [0.1, 0.15) is 89.7 Å². The zero-order chi connectivity index (χ0) is 28.5. The lowest BCUT2D eigenvalue weighted by Crippen LogP contribution is -2.35. The SMILES string of the molecule is C#CC1CCCCC(C)(c2nc(-c3cccc4c3oc3c5ccccc5ccc43)nc(C3(C)CC4CC[C@@H](C4)C3)n2)C1. The molecule has 5 aromatic rings. The number of hydrogen-bond acceptors (Lipinski definition) is 4. The second-order valence-corrected chi connectivity index (χ2v) is 14.1. The number of nitrogens with zero attached hydrogens (tertiary/aromatic N) is 3. The van der Waals surface area contributed by atoms with Crippen LogP contribution in [0.15, 0.2) is 59.0 Å². The molecule has 42 heavy (non-hydrogen) atoms. The number of benzene rings is 3. The Kier molecular flexibility index (Phi) is 5.97. The molecule has 4 nitrogen and oxygen atoms in total. The summed E-state index contributed by atoms with van der Waals surface area (Å²) in [5.74, 6) is 7.54. The van der Waals surface area contributed by atoms with Gasteiger partial charge in [0, 0.05) is 32.9 Å². The van der Waals surface area contributed by atoms with Crippen LogP contribution in [0.3, 0.4) is 0 Å². The maximum absolute atomic E-state index is 6.74. The summed E-state index contributed by atoms with van der Waals surface area (Å²) in [6, 6.07) is 19.2. The maximum Gasteiger partial charge on any atom is 0.167 e. The van der Waals surface area contributed by atoms with Crippen molar-refractivity contribution in [3.8, 4) is 23.7 Å². The average molecular weight is 554 g/mol. The van der Waals surface area contributed by atoms with E-state index in [9.17, 15) is 0 Å². The van der Waals surface area contributed by atoms with E-state index in [1.54, 1.807) is 0 Å². The Morgan fingerprint density at radius 3 is 2.29 bits per heavy atom. The van der Waals surface area contributed by atoms with Gasteiger partial charge in [0.25, 0.3) is 0 Å². The molecule has 0 N–H and O–H groups in total. The summed E-state index contributed by atoms with van der Waals surface area (Å²) in [4.78, 5) is 16.1. The minimum Gasteiger partial charge on any atom is -0.455 e. The Labute approximate surface area is 248 Å². The zero-order valence-corrected chi connectivity index (χ0v) is 24.8. The van der Waals surface area contributed by atoms with E-state index in [1.807, 2.05) is 0 Å². The van der Waals surface area contributed by atoms with Crippen molar-refractivity contribution >= 4 is 32.7 Å². The average Bonchev–Trinajstić information content (AvgIpc) is 3.50. The van der Waals surface area contributed by atoms with Gasteiger partial charge in [0.15, 0.2) is 5.82 Å². The molecule has 0 spiro atoms. The van der Waals surface area contributed by atoms with Crippen molar-refractivity contribution in [2.75, 3.05) is 0 Å². The zero-order valence-electron chi connectivity index (χ0n) is 24.8. The summed E-state index contributed by atoms with van der Waals surface area (Å²) >= 11 is 0. The first-order valence-electron chi connectivity index (χ1n) is 16.0. The molecule has 3 aliphatic rings. The number of hydrogen-bond donors (Lipinski definition) is 0. The highest BCUT2D eigenvalue weighted by Gasteiger charge is 2.45. The van der Waals surface area contributed by atoms with E-state index in [-0.39, 0.29) is 16.7 Å². The van der Waals surface area contributed by atoms with Gasteiger partial charge in [-0.15, -0.1) is 12.3 Å². The van der Waals surface area contributed by atoms with E-state index < -0.39 is 0 Å². The van der Waals surface area contributed by atoms with Gasteiger partial charge in [0.05, 0.1) is 5.56 Å². The van der Waals surface area contributed by atoms with Crippen LogP contribution in [0.5, 0.6) is 0 Å². The van der Waals surface area contributed by atoms with Gasteiger partial charge < -0.3 is 4.42 Å². The molecule has 2 bridgehead atoms. The fraction of sp³-hybridized carbons (Fsp3) is 0.447. The number of fused-ring (bicyclic) bond motifs is 7. The number of aromatic nitrogens is 3. The second kappa shape index (κ2) is 9.66. The number of rotatable bonds is 3. The molecule has 5 atom stereocenters. The van der Waals surface area contributed by atoms with Gasteiger partial charge in [-0.2, -0.15) is 0 Å². The lowest BCUT2D eigenvalue weighted by Gasteiger charge is -2.37.